The van der Waals surface area contributed by atoms with Crippen molar-refractivity contribution in [1.29, 1.82) is 0 Å². The van der Waals surface area contributed by atoms with Gasteiger partial charge in [0.05, 0.1) is 6.04 Å². The van der Waals surface area contributed by atoms with Crippen molar-refractivity contribution in [3.05, 3.63) is 50.4 Å². The molecule has 0 saturated carbocycles. The Kier molecular flexibility index (Phi) is 4.54. The molecule has 0 aliphatic rings. The zero-order valence-corrected chi connectivity index (χ0v) is 13.2. The Morgan fingerprint density at radius 1 is 1.28 bits per heavy atom. The molecule has 4 heteroatoms. The van der Waals surface area contributed by atoms with Crippen LogP contribution in [0, 0.1) is 6.92 Å². The molecule has 0 aliphatic carbocycles. The average Bonchev–Trinajstić information content (AvgIpc) is 2.76. The predicted molar refractivity (Wildman–Crippen MR) is 81.0 cm³/mol. The Morgan fingerprint density at radius 2 is 2.06 bits per heavy atom. The van der Waals surface area contributed by atoms with Crippen LogP contribution < -0.4 is 5.32 Å². The Bertz CT molecular complexity index is 524. The molecule has 2 atom stereocenters. The lowest BCUT2D eigenvalue weighted by Crippen LogP contribution is -2.22. The maximum Gasteiger partial charge on any atom is 0.110 e. The van der Waals surface area contributed by atoms with Crippen molar-refractivity contribution in [2.75, 3.05) is 0 Å². The number of hydrogen-bond acceptors (Lipinski definition) is 3. The minimum Gasteiger partial charge on any atom is -0.302 e. The highest BCUT2D eigenvalue weighted by Crippen LogP contribution is 2.23. The third kappa shape index (κ3) is 3.40. The molecule has 1 aromatic carbocycles. The fourth-order valence-corrected chi connectivity index (χ4v) is 3.12. The summed E-state index contributed by atoms with van der Waals surface area (Å²) < 4.78 is 1.12. The van der Waals surface area contributed by atoms with E-state index in [4.69, 9.17) is 0 Å². The summed E-state index contributed by atoms with van der Waals surface area (Å²) in [6.45, 7) is 6.37. The summed E-state index contributed by atoms with van der Waals surface area (Å²) in [5.74, 6) is 0. The molecule has 0 aliphatic heterocycles. The highest BCUT2D eigenvalue weighted by atomic mass is 79.9. The minimum atomic E-state index is 0.276. The molecule has 96 valence electrons. The molecule has 18 heavy (non-hydrogen) atoms. The highest BCUT2D eigenvalue weighted by Gasteiger charge is 2.13. The summed E-state index contributed by atoms with van der Waals surface area (Å²) >= 11 is 5.22. The third-order valence-corrected chi connectivity index (χ3v) is 4.49. The van der Waals surface area contributed by atoms with Crippen LogP contribution in [0.1, 0.15) is 42.2 Å². The van der Waals surface area contributed by atoms with Gasteiger partial charge in [0.2, 0.25) is 0 Å². The van der Waals surface area contributed by atoms with Crippen LogP contribution in [-0.2, 0) is 0 Å². The van der Waals surface area contributed by atoms with Gasteiger partial charge < -0.3 is 5.32 Å². The Morgan fingerprint density at radius 3 is 2.67 bits per heavy atom. The number of nitrogens with one attached hydrogen (secondary N) is 1. The van der Waals surface area contributed by atoms with E-state index in [1.807, 2.05) is 13.0 Å². The summed E-state index contributed by atoms with van der Waals surface area (Å²) in [6, 6.07) is 8.98. The zero-order valence-electron chi connectivity index (χ0n) is 10.8. The van der Waals surface area contributed by atoms with E-state index in [2.05, 4.69) is 63.7 Å². The van der Waals surface area contributed by atoms with E-state index in [0.29, 0.717) is 6.04 Å². The maximum absolute atomic E-state index is 4.52. The van der Waals surface area contributed by atoms with E-state index in [1.54, 1.807) is 11.3 Å². The fourth-order valence-electron chi connectivity index (χ4n) is 1.89. The van der Waals surface area contributed by atoms with Crippen LogP contribution in [0.4, 0.5) is 0 Å². The van der Waals surface area contributed by atoms with Gasteiger partial charge in [-0.2, -0.15) is 0 Å². The van der Waals surface area contributed by atoms with Crippen molar-refractivity contribution in [3.63, 3.8) is 0 Å². The molecule has 0 radical (unpaired) electrons. The van der Waals surface area contributed by atoms with Gasteiger partial charge in [0.25, 0.3) is 0 Å². The average molecular weight is 325 g/mol. The van der Waals surface area contributed by atoms with Gasteiger partial charge in [-0.05, 0) is 38.5 Å². The zero-order chi connectivity index (χ0) is 13.1. The first-order valence-corrected chi connectivity index (χ1v) is 7.67. The van der Waals surface area contributed by atoms with Gasteiger partial charge in [-0.3, -0.25) is 0 Å². The van der Waals surface area contributed by atoms with Crippen molar-refractivity contribution in [2.24, 2.45) is 0 Å². The summed E-state index contributed by atoms with van der Waals surface area (Å²) in [6.07, 6.45) is 0. The van der Waals surface area contributed by atoms with Crippen molar-refractivity contribution in [3.8, 4) is 0 Å². The first-order valence-electron chi connectivity index (χ1n) is 6.00. The summed E-state index contributed by atoms with van der Waals surface area (Å²) in [5, 5.41) is 6.82. The van der Waals surface area contributed by atoms with Crippen LogP contribution in [-0.4, -0.2) is 4.98 Å². The maximum atomic E-state index is 4.52. The topological polar surface area (TPSA) is 24.9 Å². The van der Waals surface area contributed by atoms with E-state index >= 15 is 0 Å². The van der Waals surface area contributed by atoms with E-state index in [9.17, 15) is 0 Å². The summed E-state index contributed by atoms with van der Waals surface area (Å²) in [4.78, 5) is 4.52. The van der Waals surface area contributed by atoms with Crippen LogP contribution in [0.5, 0.6) is 0 Å². The number of thiazole rings is 1. The van der Waals surface area contributed by atoms with Crippen molar-refractivity contribution in [2.45, 2.75) is 32.9 Å². The number of aromatic nitrogens is 1. The van der Waals surface area contributed by atoms with Gasteiger partial charge in [0.15, 0.2) is 0 Å². The molecule has 2 unspecified atom stereocenters. The van der Waals surface area contributed by atoms with Crippen LogP contribution in [0.2, 0.25) is 0 Å². The number of hydrogen-bond donors (Lipinski definition) is 1. The van der Waals surface area contributed by atoms with Gasteiger partial charge in [0, 0.05) is 21.6 Å². The molecule has 1 heterocycles. The Hall–Kier alpha value is -0.710. The largest absolute Gasteiger partial charge is 0.302 e. The smallest absolute Gasteiger partial charge is 0.110 e. The predicted octanol–water partition coefficient (Wildman–Crippen LogP) is 4.63. The Labute approximate surface area is 121 Å². The van der Waals surface area contributed by atoms with Crippen LogP contribution in [0.15, 0.2) is 34.1 Å². The second-order valence-corrected chi connectivity index (χ2v) is 6.30. The molecule has 0 fully saturated rings. The van der Waals surface area contributed by atoms with Crippen molar-refractivity contribution < 1.29 is 0 Å². The number of nitrogens with zero attached hydrogens (tertiary/aromatic N) is 1. The minimum absolute atomic E-state index is 0.276. The lowest BCUT2D eigenvalue weighted by Gasteiger charge is -2.19. The number of benzene rings is 1. The molecule has 1 N–H and O–H groups in total. The van der Waals surface area contributed by atoms with Crippen LogP contribution >= 0.6 is 27.3 Å². The normalized spacial score (nSPS) is 14.4. The molecule has 0 spiro atoms. The van der Waals surface area contributed by atoms with Gasteiger partial charge >= 0.3 is 0 Å². The van der Waals surface area contributed by atoms with Crippen LogP contribution in [0.25, 0.3) is 0 Å². The SMILES string of the molecule is Cc1csc(C(C)NC(C)c2cccc(Br)c2)n1. The van der Waals surface area contributed by atoms with Crippen LogP contribution in [0.3, 0.4) is 0 Å². The molecule has 2 aromatic rings. The highest BCUT2D eigenvalue weighted by molar-refractivity contribution is 9.10. The van der Waals surface area contributed by atoms with E-state index < -0.39 is 0 Å². The second-order valence-electron chi connectivity index (χ2n) is 4.49. The molecule has 1 aromatic heterocycles. The lowest BCUT2D eigenvalue weighted by molar-refractivity contribution is 0.492. The number of halogens is 1. The molecule has 2 rings (SSSR count). The fraction of sp³-hybridized carbons (Fsp3) is 0.357. The monoisotopic (exact) mass is 324 g/mol. The number of aryl methyl sites for hydroxylation is 1. The van der Waals surface area contributed by atoms with Gasteiger partial charge in [-0.1, -0.05) is 28.1 Å². The first kappa shape index (κ1) is 13.7. The van der Waals surface area contributed by atoms with Gasteiger partial charge in [0.1, 0.15) is 5.01 Å². The second kappa shape index (κ2) is 5.95. The quantitative estimate of drug-likeness (QED) is 0.887. The standard InChI is InChI=1S/C14H17BrN2S/c1-9-8-18-14(16-9)11(3)17-10(2)12-5-4-6-13(15)7-12/h4-8,10-11,17H,1-3H3. The molecule has 2 nitrogen and oxygen atoms in total. The molecular weight excluding hydrogens is 308 g/mol. The lowest BCUT2D eigenvalue weighted by atomic mass is 10.1. The molecular formula is C14H17BrN2S. The van der Waals surface area contributed by atoms with Crippen molar-refractivity contribution >= 4 is 27.3 Å². The molecule has 0 amide bonds. The summed E-state index contributed by atoms with van der Waals surface area (Å²) in [7, 11) is 0. The summed E-state index contributed by atoms with van der Waals surface area (Å²) in [5.41, 5.74) is 2.38. The van der Waals surface area contributed by atoms with E-state index in [-0.39, 0.29) is 6.04 Å². The molecule has 0 saturated heterocycles. The molecule has 0 bridgehead atoms. The van der Waals surface area contributed by atoms with Gasteiger partial charge in [-0.25, -0.2) is 4.98 Å². The Balaban J connectivity index is 2.05. The van der Waals surface area contributed by atoms with Crippen molar-refractivity contribution in [1.82, 2.24) is 10.3 Å². The number of rotatable bonds is 4. The van der Waals surface area contributed by atoms with E-state index in [1.165, 1.54) is 5.56 Å². The first-order chi connectivity index (χ1) is 8.56. The van der Waals surface area contributed by atoms with Gasteiger partial charge in [-0.15, -0.1) is 11.3 Å². The third-order valence-electron chi connectivity index (χ3n) is 2.86. The van der Waals surface area contributed by atoms with E-state index in [0.717, 1.165) is 15.2 Å².